The number of hydrogen-bond donors (Lipinski definition) is 2. The molecule has 0 aliphatic heterocycles. The quantitative estimate of drug-likeness (QED) is 0.393. The molecule has 0 spiro atoms. The Morgan fingerprint density at radius 1 is 0.935 bits per heavy atom. The molecule has 5 nitrogen and oxygen atoms in total. The number of para-hydroxylation sites is 1. The van der Waals surface area contributed by atoms with Crippen molar-refractivity contribution in [2.24, 2.45) is 0 Å². The summed E-state index contributed by atoms with van der Waals surface area (Å²) in [6.07, 6.45) is 0. The molecule has 0 atom stereocenters. The second-order valence-electron chi connectivity index (χ2n) is 6.85. The highest BCUT2D eigenvalue weighted by Gasteiger charge is 2.11. The summed E-state index contributed by atoms with van der Waals surface area (Å²) in [6.45, 7) is 4.69. The van der Waals surface area contributed by atoms with Crippen LogP contribution in [0, 0.1) is 6.92 Å². The van der Waals surface area contributed by atoms with Gasteiger partial charge in [0.15, 0.2) is 18.1 Å². The zero-order chi connectivity index (χ0) is 22.2. The van der Waals surface area contributed by atoms with Gasteiger partial charge in [0.2, 0.25) is 0 Å². The molecule has 1 amide bonds. The molecule has 3 aromatic rings. The minimum Gasteiger partial charge on any atom is -0.490 e. The van der Waals surface area contributed by atoms with E-state index >= 15 is 0 Å². The van der Waals surface area contributed by atoms with Crippen LogP contribution in [0.4, 0.5) is 11.4 Å². The van der Waals surface area contributed by atoms with Gasteiger partial charge in [0.25, 0.3) is 5.91 Å². The highest BCUT2D eigenvalue weighted by Crippen LogP contribution is 2.29. The molecule has 0 heterocycles. The van der Waals surface area contributed by atoms with E-state index in [2.05, 4.69) is 10.6 Å². The number of carbonyl (C=O) groups is 1. The SMILES string of the molecule is CCOc1cc(CNc2ccccc2Cl)ccc1OCC(=O)Nc1ccc(C)c(Cl)c1. The number of aryl methyl sites for hydroxylation is 1. The van der Waals surface area contributed by atoms with Crippen molar-refractivity contribution in [2.75, 3.05) is 23.8 Å². The molecule has 2 N–H and O–H groups in total. The molecule has 0 unspecified atom stereocenters. The molecule has 0 bridgehead atoms. The lowest BCUT2D eigenvalue weighted by Crippen LogP contribution is -2.20. The maximum absolute atomic E-state index is 12.3. The van der Waals surface area contributed by atoms with E-state index < -0.39 is 0 Å². The van der Waals surface area contributed by atoms with Crippen LogP contribution in [0.25, 0.3) is 0 Å². The molecule has 0 aromatic heterocycles. The Morgan fingerprint density at radius 2 is 1.74 bits per heavy atom. The van der Waals surface area contributed by atoms with Crippen LogP contribution in [0.5, 0.6) is 11.5 Å². The van der Waals surface area contributed by atoms with E-state index in [1.54, 1.807) is 18.2 Å². The molecule has 7 heteroatoms. The van der Waals surface area contributed by atoms with Crippen LogP contribution in [-0.4, -0.2) is 19.1 Å². The number of amides is 1. The van der Waals surface area contributed by atoms with Crippen LogP contribution >= 0.6 is 23.2 Å². The summed E-state index contributed by atoms with van der Waals surface area (Å²) in [4.78, 5) is 12.3. The number of halogens is 2. The summed E-state index contributed by atoms with van der Waals surface area (Å²) in [6, 6.07) is 18.5. The largest absolute Gasteiger partial charge is 0.490 e. The van der Waals surface area contributed by atoms with Crippen molar-refractivity contribution >= 4 is 40.5 Å². The normalized spacial score (nSPS) is 10.5. The Morgan fingerprint density at radius 3 is 2.48 bits per heavy atom. The average molecular weight is 459 g/mol. The van der Waals surface area contributed by atoms with Crippen molar-refractivity contribution < 1.29 is 14.3 Å². The van der Waals surface area contributed by atoms with Crippen molar-refractivity contribution in [2.45, 2.75) is 20.4 Å². The first-order valence-electron chi connectivity index (χ1n) is 9.89. The van der Waals surface area contributed by atoms with E-state index in [-0.39, 0.29) is 12.5 Å². The zero-order valence-electron chi connectivity index (χ0n) is 17.4. The van der Waals surface area contributed by atoms with Gasteiger partial charge in [0.1, 0.15) is 0 Å². The van der Waals surface area contributed by atoms with Gasteiger partial charge >= 0.3 is 0 Å². The number of hydrogen-bond acceptors (Lipinski definition) is 4. The van der Waals surface area contributed by atoms with E-state index in [0.717, 1.165) is 16.8 Å². The highest BCUT2D eigenvalue weighted by atomic mass is 35.5. The predicted molar refractivity (Wildman–Crippen MR) is 127 cm³/mol. The molecular formula is C24H24Cl2N2O3. The van der Waals surface area contributed by atoms with E-state index in [9.17, 15) is 4.79 Å². The first-order valence-corrected chi connectivity index (χ1v) is 10.6. The molecule has 0 saturated carbocycles. The lowest BCUT2D eigenvalue weighted by atomic mass is 10.2. The van der Waals surface area contributed by atoms with Crippen molar-refractivity contribution in [3.05, 3.63) is 81.8 Å². The summed E-state index contributed by atoms with van der Waals surface area (Å²) >= 11 is 12.3. The van der Waals surface area contributed by atoms with Crippen LogP contribution in [0.1, 0.15) is 18.1 Å². The van der Waals surface area contributed by atoms with Gasteiger partial charge in [0, 0.05) is 17.3 Å². The number of anilines is 2. The van der Waals surface area contributed by atoms with E-state index in [0.29, 0.717) is 40.4 Å². The first kappa shape index (κ1) is 22.8. The van der Waals surface area contributed by atoms with Gasteiger partial charge in [-0.2, -0.15) is 0 Å². The van der Waals surface area contributed by atoms with Gasteiger partial charge in [-0.15, -0.1) is 0 Å². The number of ether oxygens (including phenoxy) is 2. The Balaban J connectivity index is 1.61. The maximum Gasteiger partial charge on any atom is 0.262 e. The van der Waals surface area contributed by atoms with Gasteiger partial charge in [-0.1, -0.05) is 47.5 Å². The van der Waals surface area contributed by atoms with Gasteiger partial charge < -0.3 is 20.1 Å². The lowest BCUT2D eigenvalue weighted by molar-refractivity contribution is -0.118. The van der Waals surface area contributed by atoms with Crippen molar-refractivity contribution in [1.29, 1.82) is 0 Å². The van der Waals surface area contributed by atoms with E-state index in [1.807, 2.05) is 56.3 Å². The molecule has 31 heavy (non-hydrogen) atoms. The average Bonchev–Trinajstić information content (AvgIpc) is 2.75. The van der Waals surface area contributed by atoms with Gasteiger partial charge in [-0.25, -0.2) is 0 Å². The lowest BCUT2D eigenvalue weighted by Gasteiger charge is -2.14. The summed E-state index contributed by atoms with van der Waals surface area (Å²) in [5.74, 6) is 0.791. The summed E-state index contributed by atoms with van der Waals surface area (Å²) in [5, 5.41) is 7.33. The summed E-state index contributed by atoms with van der Waals surface area (Å²) < 4.78 is 11.4. The van der Waals surface area contributed by atoms with E-state index in [4.69, 9.17) is 32.7 Å². The standard InChI is InChI=1S/C24H24Cl2N2O3/c1-3-30-23-12-17(14-27-21-7-5-4-6-19(21)25)9-11-22(23)31-15-24(29)28-18-10-8-16(2)20(26)13-18/h4-13,27H,3,14-15H2,1-2H3,(H,28,29). The number of carbonyl (C=O) groups excluding carboxylic acids is 1. The third-order valence-corrected chi connectivity index (χ3v) is 5.22. The van der Waals surface area contributed by atoms with Crippen molar-refractivity contribution in [1.82, 2.24) is 0 Å². The van der Waals surface area contributed by atoms with Crippen molar-refractivity contribution in [3.8, 4) is 11.5 Å². The van der Waals surface area contributed by atoms with Crippen molar-refractivity contribution in [3.63, 3.8) is 0 Å². The number of nitrogens with one attached hydrogen (secondary N) is 2. The van der Waals surface area contributed by atoms with Crippen LogP contribution in [0.3, 0.4) is 0 Å². The Hall–Kier alpha value is -2.89. The minimum absolute atomic E-state index is 0.150. The van der Waals surface area contributed by atoms with Crippen LogP contribution in [-0.2, 0) is 11.3 Å². The minimum atomic E-state index is -0.285. The Labute approximate surface area is 192 Å². The zero-order valence-corrected chi connectivity index (χ0v) is 18.9. The highest BCUT2D eigenvalue weighted by molar-refractivity contribution is 6.33. The van der Waals surface area contributed by atoms with Gasteiger partial charge in [-0.05, 0) is 61.4 Å². The monoisotopic (exact) mass is 458 g/mol. The molecule has 0 radical (unpaired) electrons. The van der Waals surface area contributed by atoms with Gasteiger partial charge in [-0.3, -0.25) is 4.79 Å². The van der Waals surface area contributed by atoms with Crippen LogP contribution in [0.15, 0.2) is 60.7 Å². The third kappa shape index (κ3) is 6.54. The summed E-state index contributed by atoms with van der Waals surface area (Å²) in [7, 11) is 0. The second kappa shape index (κ2) is 10.9. The molecule has 0 aliphatic rings. The molecule has 162 valence electrons. The van der Waals surface area contributed by atoms with Gasteiger partial charge in [0.05, 0.1) is 17.3 Å². The number of rotatable bonds is 9. The molecule has 3 aromatic carbocycles. The fourth-order valence-corrected chi connectivity index (χ4v) is 3.25. The second-order valence-corrected chi connectivity index (χ2v) is 7.66. The topological polar surface area (TPSA) is 59.6 Å². The molecule has 3 rings (SSSR count). The summed E-state index contributed by atoms with van der Waals surface area (Å²) in [5.41, 5.74) is 3.42. The third-order valence-electron chi connectivity index (χ3n) is 4.48. The van der Waals surface area contributed by atoms with Crippen LogP contribution < -0.4 is 20.1 Å². The Kier molecular flexibility index (Phi) is 8.04. The van der Waals surface area contributed by atoms with E-state index in [1.165, 1.54) is 0 Å². The fraction of sp³-hybridized carbons (Fsp3) is 0.208. The molecule has 0 fully saturated rings. The fourth-order valence-electron chi connectivity index (χ4n) is 2.86. The molecule has 0 aliphatic carbocycles. The van der Waals surface area contributed by atoms with Crippen LogP contribution in [0.2, 0.25) is 10.0 Å². The maximum atomic E-state index is 12.3. The molecular weight excluding hydrogens is 435 g/mol. The smallest absolute Gasteiger partial charge is 0.262 e. The Bertz CT molecular complexity index is 1060. The number of benzene rings is 3. The first-order chi connectivity index (χ1) is 15.0. The molecule has 0 saturated heterocycles. The predicted octanol–water partition coefficient (Wildman–Crippen LogP) is 6.33.